The Labute approximate surface area is 187 Å². The Morgan fingerprint density at radius 1 is 0.935 bits per heavy atom. The fraction of sp³-hybridized carbons (Fsp3) is 0.208. The Bertz CT molecular complexity index is 1250. The molecule has 0 radical (unpaired) electrons. The van der Waals surface area contributed by atoms with Crippen LogP contribution in [-0.4, -0.2) is 25.2 Å². The van der Waals surface area contributed by atoms with Crippen molar-refractivity contribution in [2.75, 3.05) is 11.9 Å². The molecule has 1 amide bonds. The van der Waals surface area contributed by atoms with Gasteiger partial charge >= 0.3 is 0 Å². The van der Waals surface area contributed by atoms with Crippen molar-refractivity contribution in [3.63, 3.8) is 0 Å². The van der Waals surface area contributed by atoms with Crippen molar-refractivity contribution in [2.45, 2.75) is 31.7 Å². The van der Waals surface area contributed by atoms with Crippen molar-refractivity contribution in [3.05, 3.63) is 93.5 Å². The largest absolute Gasteiger partial charge is 0.322 e. The lowest BCUT2D eigenvalue weighted by molar-refractivity contribution is 0.102. The Morgan fingerprint density at radius 2 is 1.68 bits per heavy atom. The van der Waals surface area contributed by atoms with E-state index in [1.807, 2.05) is 44.2 Å². The fourth-order valence-corrected chi connectivity index (χ4v) is 5.20. The summed E-state index contributed by atoms with van der Waals surface area (Å²) in [6, 6.07) is 17.5. The Kier molecular flexibility index (Phi) is 5.88. The maximum absolute atomic E-state index is 13.0. The lowest BCUT2D eigenvalue weighted by Gasteiger charge is -2.28. The fourth-order valence-electron chi connectivity index (χ4n) is 3.66. The summed E-state index contributed by atoms with van der Waals surface area (Å²) in [5.41, 5.74) is 5.40. The zero-order chi connectivity index (χ0) is 22.2. The lowest BCUT2D eigenvalue weighted by Crippen LogP contribution is -2.36. The third-order valence-electron chi connectivity index (χ3n) is 5.66. The Balaban J connectivity index is 1.54. The van der Waals surface area contributed by atoms with E-state index in [1.165, 1.54) is 16.4 Å². The average Bonchev–Trinajstić information content (AvgIpc) is 2.75. The zero-order valence-electron chi connectivity index (χ0n) is 17.4. The molecule has 0 spiro atoms. The predicted octanol–water partition coefficient (Wildman–Crippen LogP) is 4.96. The van der Waals surface area contributed by atoms with E-state index >= 15 is 0 Å². The molecular formula is C24H23ClN2O3S. The molecule has 1 aliphatic rings. The molecule has 1 heterocycles. The topological polar surface area (TPSA) is 66.5 Å². The first-order valence-electron chi connectivity index (χ1n) is 10.0. The number of carbonyl (C=O) groups is 1. The second-order valence-electron chi connectivity index (χ2n) is 7.78. The van der Waals surface area contributed by atoms with Gasteiger partial charge in [0.05, 0.1) is 4.90 Å². The highest BCUT2D eigenvalue weighted by atomic mass is 35.5. The molecule has 3 aromatic rings. The minimum absolute atomic E-state index is 0.190. The van der Waals surface area contributed by atoms with Crippen LogP contribution in [0, 0.1) is 13.8 Å². The number of halogens is 1. The van der Waals surface area contributed by atoms with Gasteiger partial charge in [-0.3, -0.25) is 4.79 Å². The molecule has 0 fully saturated rings. The third-order valence-corrected chi connectivity index (χ3v) is 7.77. The van der Waals surface area contributed by atoms with Crippen LogP contribution in [0.25, 0.3) is 0 Å². The van der Waals surface area contributed by atoms with Gasteiger partial charge in [0, 0.05) is 29.4 Å². The monoisotopic (exact) mass is 454 g/mol. The van der Waals surface area contributed by atoms with Crippen LogP contribution in [0.3, 0.4) is 0 Å². The van der Waals surface area contributed by atoms with Crippen LogP contribution in [0.5, 0.6) is 0 Å². The van der Waals surface area contributed by atoms with Gasteiger partial charge in [-0.1, -0.05) is 23.7 Å². The van der Waals surface area contributed by atoms with Crippen LogP contribution in [0.2, 0.25) is 5.02 Å². The molecule has 1 aliphatic heterocycles. The summed E-state index contributed by atoms with van der Waals surface area (Å²) in [7, 11) is -3.62. The van der Waals surface area contributed by atoms with Gasteiger partial charge in [0.2, 0.25) is 10.0 Å². The van der Waals surface area contributed by atoms with Crippen LogP contribution in [0.15, 0.2) is 65.6 Å². The first-order valence-corrected chi connectivity index (χ1v) is 11.8. The molecule has 0 unspecified atom stereocenters. The van der Waals surface area contributed by atoms with Crippen LogP contribution in [0.4, 0.5) is 5.69 Å². The van der Waals surface area contributed by atoms with Crippen molar-refractivity contribution in [1.29, 1.82) is 0 Å². The van der Waals surface area contributed by atoms with E-state index in [1.54, 1.807) is 18.2 Å². The number of fused-ring (bicyclic) bond motifs is 1. The second kappa shape index (κ2) is 8.46. The molecule has 160 valence electrons. The molecule has 0 aliphatic carbocycles. The summed E-state index contributed by atoms with van der Waals surface area (Å²) in [6.45, 7) is 4.64. The van der Waals surface area contributed by atoms with E-state index in [0.717, 1.165) is 22.3 Å². The molecular weight excluding hydrogens is 432 g/mol. The SMILES string of the molecule is Cc1ccc(C(=O)Nc2ccc3c(c2)CN(S(=O)(=O)c2ccc(Cl)cc2)CC3)cc1C. The highest BCUT2D eigenvalue weighted by Gasteiger charge is 2.28. The zero-order valence-corrected chi connectivity index (χ0v) is 18.9. The summed E-state index contributed by atoms with van der Waals surface area (Å²) in [5.74, 6) is -0.190. The van der Waals surface area contributed by atoms with Crippen LogP contribution < -0.4 is 5.32 Å². The highest BCUT2D eigenvalue weighted by molar-refractivity contribution is 7.89. The number of amides is 1. The average molecular weight is 455 g/mol. The predicted molar refractivity (Wildman–Crippen MR) is 123 cm³/mol. The highest BCUT2D eigenvalue weighted by Crippen LogP contribution is 2.28. The number of sulfonamides is 1. The molecule has 4 rings (SSSR count). The number of nitrogens with zero attached hydrogens (tertiary/aromatic N) is 1. The summed E-state index contributed by atoms with van der Waals surface area (Å²) < 4.78 is 27.5. The van der Waals surface area contributed by atoms with Crippen LogP contribution in [0.1, 0.15) is 32.6 Å². The van der Waals surface area contributed by atoms with Gasteiger partial charge in [0.25, 0.3) is 5.91 Å². The molecule has 0 bridgehead atoms. The van der Waals surface area contributed by atoms with Crippen molar-refractivity contribution in [3.8, 4) is 0 Å². The van der Waals surface area contributed by atoms with Gasteiger partial charge in [0.15, 0.2) is 0 Å². The van der Waals surface area contributed by atoms with Gasteiger partial charge in [0.1, 0.15) is 0 Å². The van der Waals surface area contributed by atoms with Crippen LogP contribution in [-0.2, 0) is 23.0 Å². The number of anilines is 1. The number of carbonyl (C=O) groups excluding carboxylic acids is 1. The standard InChI is InChI=1S/C24H23ClN2O3S/c1-16-3-4-19(13-17(16)2)24(28)26-22-8-5-18-11-12-27(15-20(18)14-22)31(29,30)23-9-6-21(25)7-10-23/h3-10,13-14H,11-12,15H2,1-2H3,(H,26,28). The summed E-state index contributed by atoms with van der Waals surface area (Å²) in [4.78, 5) is 12.9. The second-order valence-corrected chi connectivity index (χ2v) is 10.2. The van der Waals surface area contributed by atoms with Gasteiger partial charge in [-0.05, 0) is 91.1 Å². The van der Waals surface area contributed by atoms with Crippen LogP contribution >= 0.6 is 11.6 Å². The Morgan fingerprint density at radius 3 is 2.39 bits per heavy atom. The maximum atomic E-state index is 13.0. The molecule has 3 aromatic carbocycles. The van der Waals surface area contributed by atoms with Gasteiger partial charge in [-0.25, -0.2) is 8.42 Å². The molecule has 0 atom stereocenters. The van der Waals surface area contributed by atoms with E-state index in [9.17, 15) is 13.2 Å². The number of rotatable bonds is 4. The number of hydrogen-bond donors (Lipinski definition) is 1. The van der Waals surface area contributed by atoms with Gasteiger partial charge in [-0.15, -0.1) is 0 Å². The number of benzene rings is 3. The normalized spacial score (nSPS) is 14.2. The lowest BCUT2D eigenvalue weighted by atomic mass is 10.0. The maximum Gasteiger partial charge on any atom is 0.255 e. The van der Waals surface area contributed by atoms with Crippen molar-refractivity contribution < 1.29 is 13.2 Å². The molecule has 7 heteroatoms. The minimum Gasteiger partial charge on any atom is -0.322 e. The number of hydrogen-bond acceptors (Lipinski definition) is 3. The van der Waals surface area contributed by atoms with Crippen molar-refractivity contribution in [2.24, 2.45) is 0 Å². The first kappa shape index (κ1) is 21.6. The molecule has 31 heavy (non-hydrogen) atoms. The molecule has 5 nitrogen and oxygen atoms in total. The van der Waals surface area contributed by atoms with E-state index in [-0.39, 0.29) is 17.3 Å². The quantitative estimate of drug-likeness (QED) is 0.606. The van der Waals surface area contributed by atoms with Gasteiger partial charge in [-0.2, -0.15) is 4.31 Å². The van der Waals surface area contributed by atoms with E-state index < -0.39 is 10.0 Å². The summed E-state index contributed by atoms with van der Waals surface area (Å²) >= 11 is 5.89. The van der Waals surface area contributed by atoms with E-state index in [0.29, 0.717) is 29.2 Å². The third kappa shape index (κ3) is 4.51. The van der Waals surface area contributed by atoms with Crippen molar-refractivity contribution in [1.82, 2.24) is 4.31 Å². The molecule has 1 N–H and O–H groups in total. The van der Waals surface area contributed by atoms with Gasteiger partial charge < -0.3 is 5.32 Å². The Hall–Kier alpha value is -2.67. The number of nitrogens with one attached hydrogen (secondary N) is 1. The van der Waals surface area contributed by atoms with E-state index in [4.69, 9.17) is 11.6 Å². The smallest absolute Gasteiger partial charge is 0.255 e. The number of aryl methyl sites for hydroxylation is 2. The summed E-state index contributed by atoms with van der Waals surface area (Å²) in [5, 5.41) is 3.42. The minimum atomic E-state index is -3.62. The molecule has 0 saturated carbocycles. The molecule has 0 aromatic heterocycles. The van der Waals surface area contributed by atoms with E-state index in [2.05, 4.69) is 5.32 Å². The molecule has 0 saturated heterocycles. The first-order chi connectivity index (χ1) is 14.7. The van der Waals surface area contributed by atoms with Crippen molar-refractivity contribution >= 4 is 33.2 Å². The summed E-state index contributed by atoms with van der Waals surface area (Å²) in [6.07, 6.45) is 0.619.